The largest absolute Gasteiger partial charge is 0.384 e. The fourth-order valence-electron chi connectivity index (χ4n) is 1.03. The van der Waals surface area contributed by atoms with Gasteiger partial charge < -0.3 is 9.84 Å². The number of rotatable bonds is 1. The molecule has 1 fully saturated rings. The van der Waals surface area contributed by atoms with E-state index < -0.39 is 18.1 Å². The maximum atomic E-state index is 12.6. The van der Waals surface area contributed by atoms with Crippen LogP contribution in [0, 0.1) is 0 Å². The van der Waals surface area contributed by atoms with Crippen LogP contribution in [0.3, 0.4) is 0 Å². The lowest BCUT2D eigenvalue weighted by molar-refractivity contribution is -0.111. The van der Waals surface area contributed by atoms with E-state index in [2.05, 4.69) is 4.74 Å². The van der Waals surface area contributed by atoms with E-state index in [0.29, 0.717) is 0 Å². The van der Waals surface area contributed by atoms with Crippen LogP contribution < -0.4 is 0 Å². The smallest absolute Gasteiger partial charge is 0.301 e. The number of halogens is 2. The fourth-order valence-corrected chi connectivity index (χ4v) is 1.03. The zero-order chi connectivity index (χ0) is 7.78. The van der Waals surface area contributed by atoms with Crippen molar-refractivity contribution in [3.63, 3.8) is 0 Å². The molecule has 0 amide bonds. The molecule has 4 heteroatoms. The van der Waals surface area contributed by atoms with Crippen LogP contribution in [0.15, 0.2) is 0 Å². The van der Waals surface area contributed by atoms with Gasteiger partial charge in [0.2, 0.25) is 0 Å². The predicted molar refractivity (Wildman–Crippen MR) is 31.0 cm³/mol. The molecule has 2 atom stereocenters. The van der Waals surface area contributed by atoms with Crippen molar-refractivity contribution in [1.29, 1.82) is 0 Å². The summed E-state index contributed by atoms with van der Waals surface area (Å²) in [6, 6.07) is 0. The van der Waals surface area contributed by atoms with Gasteiger partial charge in [0.05, 0.1) is 6.61 Å². The van der Waals surface area contributed by atoms with E-state index in [4.69, 9.17) is 5.11 Å². The standard InChI is InChI=1S/C6H10F2O2/c1-2-5-6(7,8)4(9)3-10-5/h4-5,9H,2-3H2,1H3/t4-,5-/m1/s1. The minimum Gasteiger partial charge on any atom is -0.384 e. The van der Waals surface area contributed by atoms with Crippen LogP contribution in [0.5, 0.6) is 0 Å². The Balaban J connectivity index is 2.64. The highest BCUT2D eigenvalue weighted by molar-refractivity contribution is 4.89. The Morgan fingerprint density at radius 1 is 1.70 bits per heavy atom. The lowest BCUT2D eigenvalue weighted by Crippen LogP contribution is -2.37. The molecule has 0 unspecified atom stereocenters. The first kappa shape index (κ1) is 7.88. The molecule has 1 saturated heterocycles. The van der Waals surface area contributed by atoms with Crippen molar-refractivity contribution in [3.05, 3.63) is 0 Å². The molecule has 1 rings (SSSR count). The van der Waals surface area contributed by atoms with E-state index in [1.807, 2.05) is 0 Å². The molecular formula is C6H10F2O2. The van der Waals surface area contributed by atoms with Crippen LogP contribution >= 0.6 is 0 Å². The number of hydrogen-bond acceptors (Lipinski definition) is 2. The third-order valence-electron chi connectivity index (χ3n) is 1.70. The van der Waals surface area contributed by atoms with Gasteiger partial charge in [-0.15, -0.1) is 0 Å². The second kappa shape index (κ2) is 2.43. The van der Waals surface area contributed by atoms with E-state index in [0.717, 1.165) is 0 Å². The molecule has 60 valence electrons. The number of alkyl halides is 2. The Labute approximate surface area is 57.8 Å². The molecule has 2 nitrogen and oxygen atoms in total. The Bertz CT molecular complexity index is 127. The minimum absolute atomic E-state index is 0.240. The summed E-state index contributed by atoms with van der Waals surface area (Å²) in [5, 5.41) is 8.68. The maximum Gasteiger partial charge on any atom is 0.301 e. The Morgan fingerprint density at radius 2 is 2.30 bits per heavy atom. The molecule has 0 aromatic rings. The lowest BCUT2D eigenvalue weighted by atomic mass is 10.1. The van der Waals surface area contributed by atoms with Gasteiger partial charge in [0.25, 0.3) is 0 Å². The third kappa shape index (κ3) is 1.01. The van der Waals surface area contributed by atoms with Crippen molar-refractivity contribution >= 4 is 0 Å². The van der Waals surface area contributed by atoms with Gasteiger partial charge in [-0.3, -0.25) is 0 Å². The zero-order valence-corrected chi connectivity index (χ0v) is 5.68. The maximum absolute atomic E-state index is 12.6. The highest BCUT2D eigenvalue weighted by atomic mass is 19.3. The SMILES string of the molecule is CC[C@H]1OC[C@@H](O)C1(F)F. The minimum atomic E-state index is -3.05. The third-order valence-corrected chi connectivity index (χ3v) is 1.70. The average molecular weight is 152 g/mol. The first-order valence-electron chi connectivity index (χ1n) is 3.26. The second-order valence-electron chi connectivity index (χ2n) is 2.42. The summed E-state index contributed by atoms with van der Waals surface area (Å²) in [5.74, 6) is -3.05. The molecule has 0 radical (unpaired) electrons. The van der Waals surface area contributed by atoms with Crippen LogP contribution in [-0.4, -0.2) is 29.8 Å². The number of hydrogen-bond donors (Lipinski definition) is 1. The summed E-state index contributed by atoms with van der Waals surface area (Å²) in [6.45, 7) is 1.36. The number of aliphatic hydroxyl groups excluding tert-OH is 1. The van der Waals surface area contributed by atoms with E-state index >= 15 is 0 Å². The van der Waals surface area contributed by atoms with Crippen molar-refractivity contribution in [3.8, 4) is 0 Å². The van der Waals surface area contributed by atoms with Gasteiger partial charge in [-0.05, 0) is 6.42 Å². The van der Waals surface area contributed by atoms with Gasteiger partial charge >= 0.3 is 5.92 Å². The van der Waals surface area contributed by atoms with Gasteiger partial charge in [0, 0.05) is 0 Å². The van der Waals surface area contributed by atoms with Crippen LogP contribution in [-0.2, 0) is 4.74 Å². The highest BCUT2D eigenvalue weighted by Gasteiger charge is 2.51. The monoisotopic (exact) mass is 152 g/mol. The quantitative estimate of drug-likeness (QED) is 0.602. The molecule has 10 heavy (non-hydrogen) atoms. The molecule has 0 saturated carbocycles. The molecule has 0 spiro atoms. The summed E-state index contributed by atoms with van der Waals surface area (Å²) in [6.07, 6.45) is -2.47. The van der Waals surface area contributed by atoms with Gasteiger partial charge in [0.15, 0.2) is 0 Å². The zero-order valence-electron chi connectivity index (χ0n) is 5.68. The van der Waals surface area contributed by atoms with E-state index in [9.17, 15) is 8.78 Å². The number of aliphatic hydroxyl groups is 1. The summed E-state index contributed by atoms with van der Waals surface area (Å²) >= 11 is 0. The van der Waals surface area contributed by atoms with Crippen molar-refractivity contribution in [2.75, 3.05) is 6.61 Å². The Morgan fingerprint density at radius 3 is 2.50 bits per heavy atom. The first-order chi connectivity index (χ1) is 4.59. The summed E-state index contributed by atoms with van der Waals surface area (Å²) in [4.78, 5) is 0. The van der Waals surface area contributed by atoms with E-state index in [1.165, 1.54) is 0 Å². The average Bonchev–Trinajstić information content (AvgIpc) is 2.10. The van der Waals surface area contributed by atoms with Crippen LogP contribution in [0.25, 0.3) is 0 Å². The Kier molecular flexibility index (Phi) is 1.92. The first-order valence-corrected chi connectivity index (χ1v) is 3.26. The van der Waals surface area contributed by atoms with Crippen molar-refractivity contribution in [2.45, 2.75) is 31.5 Å². The van der Waals surface area contributed by atoms with Crippen LogP contribution in [0.4, 0.5) is 8.78 Å². The molecule has 0 aromatic heterocycles. The molecule has 1 N–H and O–H groups in total. The van der Waals surface area contributed by atoms with E-state index in [-0.39, 0.29) is 13.0 Å². The summed E-state index contributed by atoms with van der Waals surface area (Å²) < 4.78 is 29.9. The van der Waals surface area contributed by atoms with Crippen LogP contribution in [0.2, 0.25) is 0 Å². The topological polar surface area (TPSA) is 29.5 Å². The van der Waals surface area contributed by atoms with Gasteiger partial charge in [-0.25, -0.2) is 8.78 Å². The Hall–Kier alpha value is -0.220. The van der Waals surface area contributed by atoms with Crippen molar-refractivity contribution in [1.82, 2.24) is 0 Å². The van der Waals surface area contributed by atoms with E-state index in [1.54, 1.807) is 6.92 Å². The molecule has 0 aromatic carbocycles. The summed E-state index contributed by atoms with van der Waals surface area (Å²) in [7, 11) is 0. The molecule has 1 aliphatic heterocycles. The molecule has 0 bridgehead atoms. The number of ether oxygens (including phenoxy) is 1. The van der Waals surface area contributed by atoms with Crippen molar-refractivity contribution < 1.29 is 18.6 Å². The summed E-state index contributed by atoms with van der Waals surface area (Å²) in [5.41, 5.74) is 0. The normalized spacial score (nSPS) is 38.4. The molecule has 1 heterocycles. The highest BCUT2D eigenvalue weighted by Crippen LogP contribution is 2.33. The lowest BCUT2D eigenvalue weighted by Gasteiger charge is -2.17. The van der Waals surface area contributed by atoms with Gasteiger partial charge in [-0.2, -0.15) is 0 Å². The van der Waals surface area contributed by atoms with Gasteiger partial charge in [0.1, 0.15) is 12.2 Å². The van der Waals surface area contributed by atoms with Crippen LogP contribution in [0.1, 0.15) is 13.3 Å². The molecule has 1 aliphatic rings. The van der Waals surface area contributed by atoms with Gasteiger partial charge in [-0.1, -0.05) is 6.92 Å². The molecular weight excluding hydrogens is 142 g/mol. The second-order valence-corrected chi connectivity index (χ2v) is 2.42. The predicted octanol–water partition coefficient (Wildman–Crippen LogP) is 0.791. The van der Waals surface area contributed by atoms with Crippen molar-refractivity contribution in [2.24, 2.45) is 0 Å². The fraction of sp³-hybridized carbons (Fsp3) is 1.00. The molecule has 0 aliphatic carbocycles.